The number of nitrogens with zero attached hydrogens (tertiary/aromatic N) is 2. The fraction of sp³-hybridized carbons (Fsp3) is 0.844. The second-order valence-corrected chi connectivity index (χ2v) is 16.6. The van der Waals surface area contributed by atoms with Gasteiger partial charge in [-0.3, -0.25) is 19.2 Å². The van der Waals surface area contributed by atoms with Gasteiger partial charge in [0.25, 0.3) is 5.91 Å². The molecule has 0 unspecified atom stereocenters. The van der Waals surface area contributed by atoms with Gasteiger partial charge in [0.1, 0.15) is 12.1 Å². The summed E-state index contributed by atoms with van der Waals surface area (Å²) in [6, 6.07) is -2.54. The smallest absolute Gasteiger partial charge is 0.315 e. The fourth-order valence-electron chi connectivity index (χ4n) is 7.22. The molecule has 0 radical (unpaired) electrons. The lowest BCUT2D eigenvalue weighted by atomic mass is 9.70. The van der Waals surface area contributed by atoms with Crippen LogP contribution in [0.5, 0.6) is 0 Å². The Kier molecular flexibility index (Phi) is 11.8. The van der Waals surface area contributed by atoms with E-state index in [4.69, 9.17) is 0 Å². The predicted molar refractivity (Wildman–Crippen MR) is 173 cm³/mol. The highest BCUT2D eigenvalue weighted by Gasteiger charge is 2.47. The Morgan fingerprint density at radius 3 is 2.09 bits per heavy atom. The molecule has 1 heterocycles. The van der Waals surface area contributed by atoms with Gasteiger partial charge in [0, 0.05) is 25.7 Å². The highest BCUT2D eigenvalue weighted by molar-refractivity contribution is 7.89. The Bertz CT molecular complexity index is 1260. The monoisotopic (exact) mass is 666 g/mol. The molecule has 0 bridgehead atoms. The molecule has 260 valence electrons. The van der Waals surface area contributed by atoms with E-state index >= 15 is 0 Å². The number of likely N-dealkylation sites (tertiary alicyclic amines) is 1. The van der Waals surface area contributed by atoms with E-state index in [2.05, 4.69) is 21.3 Å². The number of rotatable bonds is 13. The quantitative estimate of drug-likeness (QED) is 0.217. The van der Waals surface area contributed by atoms with Crippen LogP contribution >= 0.6 is 0 Å². The van der Waals surface area contributed by atoms with Crippen LogP contribution in [0.2, 0.25) is 0 Å². The van der Waals surface area contributed by atoms with Gasteiger partial charge in [-0.2, -0.15) is 0 Å². The molecule has 1 saturated heterocycles. The summed E-state index contributed by atoms with van der Waals surface area (Å²) < 4.78 is 28.0. The molecule has 46 heavy (non-hydrogen) atoms. The van der Waals surface area contributed by atoms with Crippen LogP contribution < -0.4 is 21.3 Å². The third-order valence-electron chi connectivity index (χ3n) is 10.5. The van der Waals surface area contributed by atoms with Crippen LogP contribution in [0.3, 0.4) is 0 Å². The average Bonchev–Trinajstić information content (AvgIpc) is 3.68. The number of hydrogen-bond acceptors (Lipinski definition) is 7. The number of Topliss-reactive ketones (excluding diaryl/α,β-unsaturated/α-hetero) is 1. The molecule has 13 nitrogen and oxygen atoms in total. The summed E-state index contributed by atoms with van der Waals surface area (Å²) in [4.78, 5) is 67.1. The lowest BCUT2D eigenvalue weighted by molar-refractivity contribution is -0.143. The van der Waals surface area contributed by atoms with Gasteiger partial charge in [-0.25, -0.2) is 17.5 Å². The van der Waals surface area contributed by atoms with Crippen molar-refractivity contribution in [2.45, 2.75) is 140 Å². The van der Waals surface area contributed by atoms with E-state index in [0.717, 1.165) is 64.2 Å². The Labute approximate surface area is 273 Å². The van der Waals surface area contributed by atoms with Gasteiger partial charge in [-0.15, -0.1) is 0 Å². The molecular formula is C32H54N6O7S. The predicted octanol–water partition coefficient (Wildman–Crippen LogP) is 1.95. The summed E-state index contributed by atoms with van der Waals surface area (Å²) in [5.41, 5.74) is -1.52. The van der Waals surface area contributed by atoms with Crippen molar-refractivity contribution >= 4 is 39.6 Å². The van der Waals surface area contributed by atoms with Crippen molar-refractivity contribution in [2.75, 3.05) is 25.9 Å². The number of nitrogens with one attached hydrogen (secondary N) is 4. The van der Waals surface area contributed by atoms with Gasteiger partial charge in [0.2, 0.25) is 27.6 Å². The molecule has 1 aliphatic heterocycles. The Hall–Kier alpha value is -2.74. The molecule has 3 saturated carbocycles. The number of carbonyl (C=O) groups excluding carboxylic acids is 5. The van der Waals surface area contributed by atoms with E-state index in [1.165, 1.54) is 9.21 Å². The van der Waals surface area contributed by atoms with Crippen molar-refractivity contribution < 1.29 is 32.4 Å². The largest absolute Gasteiger partial charge is 0.347 e. The summed E-state index contributed by atoms with van der Waals surface area (Å²) in [7, 11) is -2.12. The van der Waals surface area contributed by atoms with Crippen LogP contribution in [0.4, 0.5) is 4.79 Å². The lowest BCUT2D eigenvalue weighted by Gasteiger charge is -2.43. The van der Waals surface area contributed by atoms with E-state index in [-0.39, 0.29) is 23.7 Å². The molecule has 0 aromatic heterocycles. The molecule has 4 rings (SSSR count). The van der Waals surface area contributed by atoms with E-state index in [9.17, 15) is 32.4 Å². The van der Waals surface area contributed by atoms with Crippen LogP contribution in [0, 0.1) is 5.41 Å². The summed E-state index contributed by atoms with van der Waals surface area (Å²) in [5, 5.41) is 11.2. The molecule has 4 fully saturated rings. The molecule has 4 N–H and O–H groups in total. The zero-order valence-electron chi connectivity index (χ0n) is 28.0. The standard InChI is InChI=1S/C32H54N6O7S/c1-22(2)37(4)46(44,45)21-32(17-9-6-10-18-32)36-30(43)35-26(31(3)15-7-5-8-16-31)29(42)38-19-11-12-24(38)27(40)33-20-25(39)28(41)34-23-13-14-23/h22-24,26H,5-21H2,1-4H3,(H,33,40)(H,34,41)(H2,35,36,43)/t24-,26+/m0/s1. The Balaban J connectivity index is 1.48. The number of sulfonamides is 1. The van der Waals surface area contributed by atoms with Crippen molar-refractivity contribution in [1.29, 1.82) is 0 Å². The SMILES string of the molecule is CC(C)N(C)S(=O)(=O)CC1(NC(=O)N[C@H](C(=O)N2CCC[C@H]2C(=O)NCC(=O)C(=O)NC2CC2)C2(C)CCCCC2)CCCCC1. The summed E-state index contributed by atoms with van der Waals surface area (Å²) >= 11 is 0. The van der Waals surface area contributed by atoms with Gasteiger partial charge in [-0.1, -0.05) is 45.4 Å². The van der Waals surface area contributed by atoms with E-state index in [1.807, 2.05) is 20.8 Å². The molecular weight excluding hydrogens is 612 g/mol. The lowest BCUT2D eigenvalue weighted by Crippen LogP contribution is -2.64. The van der Waals surface area contributed by atoms with Gasteiger partial charge in [-0.05, 0) is 70.6 Å². The van der Waals surface area contributed by atoms with Crippen molar-refractivity contribution in [3.05, 3.63) is 0 Å². The highest BCUT2D eigenvalue weighted by Crippen LogP contribution is 2.40. The van der Waals surface area contributed by atoms with Gasteiger partial charge < -0.3 is 26.2 Å². The number of carbonyl (C=O) groups is 5. The molecule has 4 aliphatic rings. The van der Waals surface area contributed by atoms with Crippen LogP contribution in [-0.4, -0.2) is 103 Å². The van der Waals surface area contributed by atoms with E-state index < -0.39 is 63.2 Å². The van der Waals surface area contributed by atoms with Crippen molar-refractivity contribution in [3.8, 4) is 0 Å². The minimum absolute atomic E-state index is 0.0247. The maximum atomic E-state index is 14.3. The number of hydrogen-bond donors (Lipinski definition) is 4. The van der Waals surface area contributed by atoms with Gasteiger partial charge in [0.15, 0.2) is 0 Å². The minimum Gasteiger partial charge on any atom is -0.347 e. The molecule has 14 heteroatoms. The second kappa shape index (κ2) is 15.0. The molecule has 2 atom stereocenters. The molecule has 0 aromatic rings. The Morgan fingerprint density at radius 1 is 0.891 bits per heavy atom. The van der Waals surface area contributed by atoms with Crippen LogP contribution in [-0.2, 0) is 29.2 Å². The maximum Gasteiger partial charge on any atom is 0.315 e. The van der Waals surface area contributed by atoms with Crippen molar-refractivity contribution in [1.82, 2.24) is 30.5 Å². The summed E-state index contributed by atoms with van der Waals surface area (Å²) in [6.45, 7) is 5.49. The Morgan fingerprint density at radius 2 is 1.50 bits per heavy atom. The molecule has 0 aromatic carbocycles. The third-order valence-corrected chi connectivity index (χ3v) is 12.7. The average molecular weight is 667 g/mol. The van der Waals surface area contributed by atoms with Crippen LogP contribution in [0.1, 0.15) is 111 Å². The zero-order valence-corrected chi connectivity index (χ0v) is 28.8. The molecule has 0 spiro atoms. The summed E-state index contributed by atoms with van der Waals surface area (Å²) in [5.74, 6) is -2.54. The van der Waals surface area contributed by atoms with Gasteiger partial charge >= 0.3 is 6.03 Å². The van der Waals surface area contributed by atoms with Crippen LogP contribution in [0.25, 0.3) is 0 Å². The van der Waals surface area contributed by atoms with Crippen LogP contribution in [0.15, 0.2) is 0 Å². The molecule has 3 aliphatic carbocycles. The second-order valence-electron chi connectivity index (χ2n) is 14.5. The minimum atomic E-state index is -3.67. The van der Waals surface area contributed by atoms with E-state index in [1.54, 1.807) is 7.05 Å². The van der Waals surface area contributed by atoms with E-state index in [0.29, 0.717) is 32.2 Å². The maximum absolute atomic E-state index is 14.3. The normalized spacial score (nSPS) is 23.4. The zero-order chi connectivity index (χ0) is 33.7. The first-order chi connectivity index (χ1) is 21.7. The number of ketones is 1. The molecule has 5 amide bonds. The van der Waals surface area contributed by atoms with Crippen molar-refractivity contribution in [2.24, 2.45) is 5.41 Å². The van der Waals surface area contributed by atoms with Gasteiger partial charge in [0.05, 0.1) is 17.8 Å². The van der Waals surface area contributed by atoms with Crippen molar-refractivity contribution in [3.63, 3.8) is 0 Å². The first kappa shape index (κ1) is 36.1. The third kappa shape index (κ3) is 8.99. The number of urea groups is 1. The summed E-state index contributed by atoms with van der Waals surface area (Å²) in [6.07, 6.45) is 10.5. The fourth-order valence-corrected chi connectivity index (χ4v) is 9.13. The first-order valence-electron chi connectivity index (χ1n) is 17.1. The highest BCUT2D eigenvalue weighted by atomic mass is 32.2. The number of amides is 5. The first-order valence-corrected chi connectivity index (χ1v) is 18.7. The topological polar surface area (TPSA) is 174 Å².